The molecule has 0 radical (unpaired) electrons. The fourth-order valence-corrected chi connectivity index (χ4v) is 0.325. The van der Waals surface area contributed by atoms with Crippen molar-refractivity contribution in [3.8, 4) is 0 Å². The maximum atomic E-state index is 12.3. The Kier molecular flexibility index (Phi) is 5.37. The van der Waals surface area contributed by atoms with Crippen LogP contribution in [-0.4, -0.2) is 25.0 Å². The first kappa shape index (κ1) is 10.1. The molecule has 0 aromatic heterocycles. The Hall–Kier alpha value is -0.900. The fraction of sp³-hybridized carbons (Fsp3) is 0.571. The summed E-state index contributed by atoms with van der Waals surface area (Å²) in [5, 5.41) is 3.53. The second-order valence-corrected chi connectivity index (χ2v) is 2.07. The van der Waals surface area contributed by atoms with Gasteiger partial charge in [0.15, 0.2) is 0 Å². The summed E-state index contributed by atoms with van der Waals surface area (Å²) in [5.74, 6) is 0. The van der Waals surface area contributed by atoms with Crippen LogP contribution in [0, 0.1) is 0 Å². The molecular formula is C7H13FN2O. The zero-order valence-corrected chi connectivity index (χ0v) is 6.59. The van der Waals surface area contributed by atoms with Crippen LogP contribution in [0.2, 0.25) is 0 Å². The van der Waals surface area contributed by atoms with Gasteiger partial charge in [0.2, 0.25) is 0 Å². The number of alkyl halides is 1. The Morgan fingerprint density at radius 1 is 1.91 bits per heavy atom. The molecule has 0 fully saturated rings. The first-order valence-corrected chi connectivity index (χ1v) is 3.33. The van der Waals surface area contributed by atoms with Gasteiger partial charge < -0.3 is 10.6 Å². The Balaban J connectivity index is 3.47. The Morgan fingerprint density at radius 2 is 2.55 bits per heavy atom. The summed E-state index contributed by atoms with van der Waals surface area (Å²) in [5.41, 5.74) is 5.62. The van der Waals surface area contributed by atoms with E-state index in [1.54, 1.807) is 6.92 Å². The Bertz CT molecular complexity index is 147. The third-order valence-corrected chi connectivity index (χ3v) is 1.02. The van der Waals surface area contributed by atoms with E-state index < -0.39 is 6.17 Å². The molecule has 2 N–H and O–H groups in total. The van der Waals surface area contributed by atoms with Gasteiger partial charge in [-0.1, -0.05) is 11.7 Å². The van der Waals surface area contributed by atoms with Crippen molar-refractivity contribution in [2.24, 2.45) is 10.9 Å². The van der Waals surface area contributed by atoms with E-state index in [1.165, 1.54) is 6.08 Å². The van der Waals surface area contributed by atoms with Gasteiger partial charge in [0.1, 0.15) is 12.8 Å². The number of halogens is 1. The maximum Gasteiger partial charge on any atom is 0.149 e. The minimum atomic E-state index is -1.14. The first-order valence-electron chi connectivity index (χ1n) is 3.33. The van der Waals surface area contributed by atoms with Crippen LogP contribution < -0.4 is 5.73 Å². The number of hydrogen-bond donors (Lipinski definition) is 1. The molecule has 0 amide bonds. The largest absolute Gasteiger partial charge is 0.392 e. The van der Waals surface area contributed by atoms with Crippen molar-refractivity contribution >= 4 is 5.71 Å². The van der Waals surface area contributed by atoms with Crippen LogP contribution in [0.1, 0.15) is 6.92 Å². The molecule has 0 saturated heterocycles. The van der Waals surface area contributed by atoms with Gasteiger partial charge in [0.05, 0.1) is 5.71 Å². The van der Waals surface area contributed by atoms with Gasteiger partial charge in [-0.15, -0.1) is 0 Å². The third kappa shape index (κ3) is 5.54. The van der Waals surface area contributed by atoms with Crippen LogP contribution in [0.5, 0.6) is 0 Å². The van der Waals surface area contributed by atoms with E-state index in [0.717, 1.165) is 0 Å². The molecule has 3 nitrogen and oxygen atoms in total. The Labute approximate surface area is 65.7 Å². The molecule has 0 aliphatic heterocycles. The van der Waals surface area contributed by atoms with Gasteiger partial charge in [-0.05, 0) is 13.0 Å². The van der Waals surface area contributed by atoms with Crippen molar-refractivity contribution in [3.05, 3.63) is 12.7 Å². The van der Waals surface area contributed by atoms with Crippen LogP contribution in [0.3, 0.4) is 0 Å². The third-order valence-electron chi connectivity index (χ3n) is 1.02. The van der Waals surface area contributed by atoms with Crippen LogP contribution in [0.25, 0.3) is 0 Å². The van der Waals surface area contributed by atoms with E-state index in [-0.39, 0.29) is 13.2 Å². The standard InChI is InChI=1S/C7H13FN2O/c1-3-6(2)10-11-5-7(8)4-9/h3,7H,1,4-5,9H2,2H3/b10-6+. The molecule has 1 unspecified atom stereocenters. The van der Waals surface area contributed by atoms with Crippen LogP contribution in [0.15, 0.2) is 17.8 Å². The quantitative estimate of drug-likeness (QED) is 0.479. The smallest absolute Gasteiger partial charge is 0.149 e. The zero-order valence-electron chi connectivity index (χ0n) is 6.59. The number of nitrogens with zero attached hydrogens (tertiary/aromatic N) is 1. The predicted octanol–water partition coefficient (Wildman–Crippen LogP) is 0.862. The second-order valence-electron chi connectivity index (χ2n) is 2.07. The topological polar surface area (TPSA) is 47.6 Å². The highest BCUT2D eigenvalue weighted by molar-refractivity contribution is 5.91. The molecule has 0 spiro atoms. The molecular weight excluding hydrogens is 147 g/mol. The number of nitrogens with two attached hydrogens (primary N) is 1. The molecule has 0 aromatic rings. The van der Waals surface area contributed by atoms with E-state index in [2.05, 4.69) is 16.6 Å². The van der Waals surface area contributed by atoms with E-state index in [9.17, 15) is 4.39 Å². The molecule has 4 heteroatoms. The van der Waals surface area contributed by atoms with Crippen LogP contribution in [-0.2, 0) is 4.84 Å². The summed E-state index contributed by atoms with van der Waals surface area (Å²) >= 11 is 0. The van der Waals surface area contributed by atoms with Crippen LogP contribution in [0.4, 0.5) is 4.39 Å². The average Bonchev–Trinajstić information content (AvgIpc) is 2.04. The second kappa shape index (κ2) is 5.85. The van der Waals surface area contributed by atoms with Gasteiger partial charge in [-0.3, -0.25) is 0 Å². The zero-order chi connectivity index (χ0) is 8.69. The molecule has 0 aromatic carbocycles. The lowest BCUT2D eigenvalue weighted by atomic mass is 10.4. The summed E-state index contributed by atoms with van der Waals surface area (Å²) in [6.45, 7) is 5.03. The minimum absolute atomic E-state index is 0.0390. The van der Waals surface area contributed by atoms with Gasteiger partial charge >= 0.3 is 0 Å². The van der Waals surface area contributed by atoms with Crippen LogP contribution >= 0.6 is 0 Å². The molecule has 0 heterocycles. The predicted molar refractivity (Wildman–Crippen MR) is 43.2 cm³/mol. The minimum Gasteiger partial charge on any atom is -0.392 e. The summed E-state index contributed by atoms with van der Waals surface area (Å²) in [4.78, 5) is 4.60. The summed E-state index contributed by atoms with van der Waals surface area (Å²) in [6, 6.07) is 0. The monoisotopic (exact) mass is 160 g/mol. The normalized spacial score (nSPS) is 14.3. The highest BCUT2D eigenvalue weighted by Gasteiger charge is 2.01. The molecule has 1 atom stereocenters. The number of allylic oxidation sites excluding steroid dienone is 1. The van der Waals surface area contributed by atoms with Gasteiger partial charge in [0.25, 0.3) is 0 Å². The number of hydrogen-bond acceptors (Lipinski definition) is 3. The number of oxime groups is 1. The lowest BCUT2D eigenvalue weighted by Gasteiger charge is -2.02. The number of rotatable bonds is 5. The SMILES string of the molecule is C=C/C(C)=N/OCC(F)CN. The fourth-order valence-electron chi connectivity index (χ4n) is 0.325. The van der Waals surface area contributed by atoms with Crippen molar-refractivity contribution in [3.63, 3.8) is 0 Å². The van der Waals surface area contributed by atoms with E-state index in [4.69, 9.17) is 5.73 Å². The van der Waals surface area contributed by atoms with E-state index >= 15 is 0 Å². The van der Waals surface area contributed by atoms with Gasteiger partial charge in [0, 0.05) is 6.54 Å². The molecule has 64 valence electrons. The maximum absolute atomic E-state index is 12.3. The molecule has 0 aliphatic carbocycles. The molecule has 0 aliphatic rings. The molecule has 0 rings (SSSR count). The first-order chi connectivity index (χ1) is 5.20. The summed E-state index contributed by atoms with van der Waals surface area (Å²) < 4.78 is 12.3. The van der Waals surface area contributed by atoms with Crippen molar-refractivity contribution in [1.82, 2.24) is 0 Å². The molecule has 0 bridgehead atoms. The lowest BCUT2D eigenvalue weighted by molar-refractivity contribution is 0.0900. The van der Waals surface area contributed by atoms with Crippen molar-refractivity contribution < 1.29 is 9.23 Å². The van der Waals surface area contributed by atoms with Crippen molar-refractivity contribution in [2.45, 2.75) is 13.1 Å². The van der Waals surface area contributed by atoms with E-state index in [0.29, 0.717) is 5.71 Å². The highest BCUT2D eigenvalue weighted by atomic mass is 19.1. The van der Waals surface area contributed by atoms with Gasteiger partial charge in [-0.25, -0.2) is 4.39 Å². The van der Waals surface area contributed by atoms with Gasteiger partial charge in [-0.2, -0.15) is 0 Å². The summed E-state index contributed by atoms with van der Waals surface area (Å²) in [7, 11) is 0. The van der Waals surface area contributed by atoms with Crippen molar-refractivity contribution in [1.29, 1.82) is 0 Å². The molecule has 11 heavy (non-hydrogen) atoms. The molecule has 0 saturated carbocycles. The highest BCUT2D eigenvalue weighted by Crippen LogP contribution is 1.90. The van der Waals surface area contributed by atoms with E-state index in [1.807, 2.05) is 0 Å². The Morgan fingerprint density at radius 3 is 3.00 bits per heavy atom. The lowest BCUT2D eigenvalue weighted by Crippen LogP contribution is -2.19. The van der Waals surface area contributed by atoms with Crippen molar-refractivity contribution in [2.75, 3.05) is 13.2 Å². The summed E-state index contributed by atoms with van der Waals surface area (Å²) in [6.07, 6.45) is 0.381. The average molecular weight is 160 g/mol.